The lowest BCUT2D eigenvalue weighted by Gasteiger charge is -2.05. The van der Waals surface area contributed by atoms with Crippen LogP contribution in [0.25, 0.3) is 0 Å². The molecule has 0 amide bonds. The van der Waals surface area contributed by atoms with Crippen LogP contribution in [-0.2, 0) is 21.3 Å². The van der Waals surface area contributed by atoms with Crippen LogP contribution in [0.2, 0.25) is 5.02 Å². The van der Waals surface area contributed by atoms with Crippen molar-refractivity contribution in [1.29, 1.82) is 0 Å². The molecular formula is C17H18ClNO3S. The lowest BCUT2D eigenvalue weighted by atomic mass is 10.2. The van der Waals surface area contributed by atoms with Gasteiger partial charge < -0.3 is 4.84 Å². The molecule has 0 aliphatic rings. The maximum Gasteiger partial charge on any atom is 0.178 e. The summed E-state index contributed by atoms with van der Waals surface area (Å²) in [4.78, 5) is 5.57. The molecular weight excluding hydrogens is 334 g/mol. The molecule has 0 bridgehead atoms. The zero-order valence-electron chi connectivity index (χ0n) is 12.8. The van der Waals surface area contributed by atoms with Crippen molar-refractivity contribution in [3.05, 3.63) is 65.2 Å². The zero-order chi connectivity index (χ0) is 16.7. The van der Waals surface area contributed by atoms with Crippen molar-refractivity contribution in [2.24, 2.45) is 5.16 Å². The fraction of sp³-hybridized carbons (Fsp3) is 0.235. The summed E-state index contributed by atoms with van der Waals surface area (Å²) >= 11 is 5.81. The van der Waals surface area contributed by atoms with E-state index in [1.54, 1.807) is 49.4 Å². The molecule has 0 aliphatic carbocycles. The van der Waals surface area contributed by atoms with Crippen molar-refractivity contribution in [2.45, 2.75) is 24.8 Å². The Kier molecular flexibility index (Phi) is 6.19. The molecule has 0 atom stereocenters. The summed E-state index contributed by atoms with van der Waals surface area (Å²) in [6.45, 7) is 2.07. The highest BCUT2D eigenvalue weighted by molar-refractivity contribution is 7.91. The molecule has 0 fully saturated rings. The number of halogens is 1. The average molecular weight is 352 g/mol. The van der Waals surface area contributed by atoms with E-state index in [0.717, 1.165) is 5.56 Å². The first-order valence-corrected chi connectivity index (χ1v) is 9.18. The molecule has 6 heteroatoms. The Morgan fingerprint density at radius 2 is 1.74 bits per heavy atom. The first kappa shape index (κ1) is 17.5. The normalized spacial score (nSPS) is 12.2. The van der Waals surface area contributed by atoms with Crippen molar-refractivity contribution in [3.63, 3.8) is 0 Å². The van der Waals surface area contributed by atoms with Crippen molar-refractivity contribution in [1.82, 2.24) is 0 Å². The van der Waals surface area contributed by atoms with Crippen molar-refractivity contribution in [3.8, 4) is 0 Å². The van der Waals surface area contributed by atoms with Crippen LogP contribution in [0.5, 0.6) is 0 Å². The second-order valence-electron chi connectivity index (χ2n) is 5.11. The Balaban J connectivity index is 1.84. The summed E-state index contributed by atoms with van der Waals surface area (Å²) in [6.07, 6.45) is 0.331. The largest absolute Gasteiger partial charge is 0.391 e. The summed E-state index contributed by atoms with van der Waals surface area (Å²) < 4.78 is 24.3. The van der Waals surface area contributed by atoms with Crippen LogP contribution in [0, 0.1) is 0 Å². The zero-order valence-corrected chi connectivity index (χ0v) is 14.3. The average Bonchev–Trinajstić information content (AvgIpc) is 2.56. The molecule has 0 N–H and O–H groups in total. The van der Waals surface area contributed by atoms with Crippen LogP contribution in [0.4, 0.5) is 0 Å². The van der Waals surface area contributed by atoms with Gasteiger partial charge in [0.25, 0.3) is 0 Å². The van der Waals surface area contributed by atoms with Crippen LogP contribution in [0.15, 0.2) is 64.6 Å². The molecule has 2 rings (SSSR count). The summed E-state index contributed by atoms with van der Waals surface area (Å²) in [7, 11) is -3.29. The Bertz CT molecular complexity index is 756. The predicted octanol–water partition coefficient (Wildman–Crippen LogP) is 4.10. The summed E-state index contributed by atoms with van der Waals surface area (Å²) in [5.41, 5.74) is 1.58. The van der Waals surface area contributed by atoms with Gasteiger partial charge in [-0.25, -0.2) is 8.42 Å². The van der Waals surface area contributed by atoms with E-state index in [-0.39, 0.29) is 5.75 Å². The topological polar surface area (TPSA) is 55.7 Å². The van der Waals surface area contributed by atoms with Gasteiger partial charge in [0, 0.05) is 11.4 Å². The van der Waals surface area contributed by atoms with Crippen LogP contribution in [0.3, 0.4) is 0 Å². The van der Waals surface area contributed by atoms with Crippen molar-refractivity contribution >= 4 is 27.1 Å². The lowest BCUT2D eigenvalue weighted by molar-refractivity contribution is 0.130. The molecule has 0 aromatic heterocycles. The summed E-state index contributed by atoms with van der Waals surface area (Å²) in [5.74, 6) is 0.0106. The number of sulfone groups is 1. The Labute approximate surface area is 141 Å². The summed E-state index contributed by atoms with van der Waals surface area (Å²) in [5, 5.41) is 4.62. The van der Waals surface area contributed by atoms with Crippen LogP contribution in [0.1, 0.15) is 18.9 Å². The second-order valence-corrected chi connectivity index (χ2v) is 7.65. The quantitative estimate of drug-likeness (QED) is 0.557. The maximum atomic E-state index is 12.2. The first-order valence-electron chi connectivity index (χ1n) is 7.15. The van der Waals surface area contributed by atoms with Gasteiger partial charge in [-0.1, -0.05) is 47.1 Å². The molecule has 0 spiro atoms. The van der Waals surface area contributed by atoms with Gasteiger partial charge in [-0.15, -0.1) is 0 Å². The number of hydrogen-bond acceptors (Lipinski definition) is 4. The molecule has 0 unspecified atom stereocenters. The van der Waals surface area contributed by atoms with Gasteiger partial charge in [-0.3, -0.25) is 0 Å². The molecule has 2 aromatic carbocycles. The van der Waals surface area contributed by atoms with E-state index in [0.29, 0.717) is 28.7 Å². The molecule has 23 heavy (non-hydrogen) atoms. The molecule has 0 heterocycles. The minimum absolute atomic E-state index is 0.0106. The Morgan fingerprint density at radius 1 is 1.09 bits per heavy atom. The van der Waals surface area contributed by atoms with E-state index in [4.69, 9.17) is 16.4 Å². The van der Waals surface area contributed by atoms with Gasteiger partial charge in [0.05, 0.1) is 16.4 Å². The number of hydrogen-bond donors (Lipinski definition) is 0. The van der Waals surface area contributed by atoms with Gasteiger partial charge >= 0.3 is 0 Å². The van der Waals surface area contributed by atoms with Crippen molar-refractivity contribution < 1.29 is 13.3 Å². The third kappa shape index (κ3) is 5.69. The van der Waals surface area contributed by atoms with E-state index in [9.17, 15) is 8.42 Å². The molecule has 122 valence electrons. The van der Waals surface area contributed by atoms with Gasteiger partial charge in [0.1, 0.15) is 6.61 Å². The summed E-state index contributed by atoms with van der Waals surface area (Å²) in [6, 6.07) is 15.7. The van der Waals surface area contributed by atoms with Gasteiger partial charge in [0.15, 0.2) is 9.84 Å². The second kappa shape index (κ2) is 8.13. The van der Waals surface area contributed by atoms with Crippen LogP contribution >= 0.6 is 11.6 Å². The fourth-order valence-electron chi connectivity index (χ4n) is 1.87. The lowest BCUT2D eigenvalue weighted by Crippen LogP contribution is -2.10. The highest BCUT2D eigenvalue weighted by atomic mass is 35.5. The molecule has 4 nitrogen and oxygen atoms in total. The smallest absolute Gasteiger partial charge is 0.178 e. The Morgan fingerprint density at radius 3 is 2.39 bits per heavy atom. The van der Waals surface area contributed by atoms with Gasteiger partial charge in [-0.05, 0) is 36.8 Å². The standard InChI is InChI=1S/C17H18ClNO3S/c1-14(19-22-13-15-7-9-16(18)10-8-15)11-12-23(20,21)17-5-3-2-4-6-17/h2-10H,11-13H2,1H3/b19-14-. The number of nitrogens with zero attached hydrogens (tertiary/aromatic N) is 1. The van der Waals surface area contributed by atoms with Crippen molar-refractivity contribution in [2.75, 3.05) is 5.75 Å². The fourth-order valence-corrected chi connectivity index (χ4v) is 3.37. The number of benzene rings is 2. The minimum Gasteiger partial charge on any atom is -0.391 e. The monoisotopic (exact) mass is 351 g/mol. The van der Waals surface area contributed by atoms with Gasteiger partial charge in [-0.2, -0.15) is 0 Å². The van der Waals surface area contributed by atoms with Crippen LogP contribution in [-0.4, -0.2) is 19.9 Å². The Hall–Kier alpha value is -1.85. The van der Waals surface area contributed by atoms with E-state index in [1.165, 1.54) is 0 Å². The minimum atomic E-state index is -3.29. The van der Waals surface area contributed by atoms with Crippen LogP contribution < -0.4 is 0 Å². The molecule has 0 saturated carbocycles. The third-order valence-corrected chi connectivity index (χ3v) is 5.18. The number of rotatable bonds is 7. The number of oxime groups is 1. The molecule has 0 saturated heterocycles. The van der Waals surface area contributed by atoms with E-state index >= 15 is 0 Å². The molecule has 0 aliphatic heterocycles. The van der Waals surface area contributed by atoms with E-state index in [1.807, 2.05) is 12.1 Å². The van der Waals surface area contributed by atoms with E-state index in [2.05, 4.69) is 5.16 Å². The SMILES string of the molecule is C/C(CCS(=O)(=O)c1ccccc1)=N/OCc1ccc(Cl)cc1. The molecule has 0 radical (unpaired) electrons. The van der Waals surface area contributed by atoms with Gasteiger partial charge in [0.2, 0.25) is 0 Å². The highest BCUT2D eigenvalue weighted by Gasteiger charge is 2.14. The first-order chi connectivity index (χ1) is 11.0. The highest BCUT2D eigenvalue weighted by Crippen LogP contribution is 2.12. The van der Waals surface area contributed by atoms with E-state index < -0.39 is 9.84 Å². The maximum absolute atomic E-state index is 12.2. The molecule has 2 aromatic rings. The third-order valence-electron chi connectivity index (χ3n) is 3.20. The predicted molar refractivity (Wildman–Crippen MR) is 92.5 cm³/mol.